The zero-order valence-corrected chi connectivity index (χ0v) is 12.6. The highest BCUT2D eigenvalue weighted by Crippen LogP contribution is 2.36. The van der Waals surface area contributed by atoms with Gasteiger partial charge in [0.2, 0.25) is 6.29 Å². The number of aliphatic hydroxyl groups excluding tert-OH is 1. The number of hydrogen-bond acceptors (Lipinski definition) is 2. The van der Waals surface area contributed by atoms with Crippen LogP contribution in [0.15, 0.2) is 0 Å². The van der Waals surface area contributed by atoms with Crippen molar-refractivity contribution in [1.82, 2.24) is 0 Å². The average Bonchev–Trinajstić information content (AvgIpc) is 2.10. The molecule has 0 aromatic heterocycles. The molecule has 0 spiro atoms. The third kappa shape index (κ3) is 5.69. The molecule has 0 aliphatic heterocycles. The molecule has 0 saturated heterocycles. The molecule has 0 bridgehead atoms. The highest BCUT2D eigenvalue weighted by atomic mass is 28.4. The van der Waals surface area contributed by atoms with Crippen molar-refractivity contribution in [2.24, 2.45) is 0 Å². The molecule has 0 rings (SSSR count). The molecule has 0 aliphatic rings. The van der Waals surface area contributed by atoms with Crippen molar-refractivity contribution >= 4 is 8.32 Å². The van der Waals surface area contributed by atoms with E-state index in [9.17, 15) is 5.11 Å². The van der Waals surface area contributed by atoms with Crippen LogP contribution in [0, 0.1) is 11.8 Å². The summed E-state index contributed by atoms with van der Waals surface area (Å²) in [6, 6.07) is 0. The van der Waals surface area contributed by atoms with Gasteiger partial charge in [-0.2, -0.15) is 0 Å². The smallest absolute Gasteiger partial charge is 0.210 e. The summed E-state index contributed by atoms with van der Waals surface area (Å²) < 4.78 is 5.70. The minimum Gasteiger partial charge on any atom is -0.383 e. The van der Waals surface area contributed by atoms with E-state index < -0.39 is 14.6 Å². The van der Waals surface area contributed by atoms with E-state index in [4.69, 9.17) is 4.43 Å². The van der Waals surface area contributed by atoms with Gasteiger partial charge in [0, 0.05) is 6.42 Å². The highest BCUT2D eigenvalue weighted by Gasteiger charge is 2.38. The Balaban J connectivity index is 4.22. The maximum atomic E-state index is 9.69. The van der Waals surface area contributed by atoms with E-state index in [1.165, 1.54) is 0 Å². The Labute approximate surface area is 102 Å². The number of hydrogen-bond donors (Lipinski definition) is 1. The van der Waals surface area contributed by atoms with Crippen LogP contribution in [-0.2, 0) is 4.43 Å². The Kier molecular flexibility index (Phi) is 6.31. The van der Waals surface area contributed by atoms with E-state index in [1.54, 1.807) is 0 Å². The Morgan fingerprint density at radius 3 is 2.31 bits per heavy atom. The summed E-state index contributed by atoms with van der Waals surface area (Å²) in [5.74, 6) is 5.72. The van der Waals surface area contributed by atoms with Crippen LogP contribution in [0.5, 0.6) is 0 Å². The molecule has 3 heteroatoms. The van der Waals surface area contributed by atoms with E-state index in [2.05, 4.69) is 52.6 Å². The summed E-state index contributed by atoms with van der Waals surface area (Å²) >= 11 is 0. The molecule has 1 atom stereocenters. The van der Waals surface area contributed by atoms with Crippen LogP contribution >= 0.6 is 0 Å². The summed E-state index contributed by atoms with van der Waals surface area (Å²) in [5, 5.41) is 9.80. The van der Waals surface area contributed by atoms with Crippen molar-refractivity contribution in [2.45, 2.75) is 71.4 Å². The Hall–Kier alpha value is -0.303. The molecule has 0 aromatic rings. The van der Waals surface area contributed by atoms with Gasteiger partial charge in [0.15, 0.2) is 8.32 Å². The molecule has 0 radical (unpaired) electrons. The molecule has 94 valence electrons. The van der Waals surface area contributed by atoms with E-state index in [0.29, 0.717) is 0 Å². The highest BCUT2D eigenvalue weighted by molar-refractivity contribution is 6.74. The van der Waals surface area contributed by atoms with Crippen LogP contribution in [0.3, 0.4) is 0 Å². The van der Waals surface area contributed by atoms with Crippen molar-refractivity contribution in [1.29, 1.82) is 0 Å². The molecular formula is C13H26O2Si. The van der Waals surface area contributed by atoms with Crippen LogP contribution in [0.1, 0.15) is 47.0 Å². The van der Waals surface area contributed by atoms with Gasteiger partial charge in [-0.1, -0.05) is 40.0 Å². The predicted molar refractivity (Wildman–Crippen MR) is 71.6 cm³/mol. The van der Waals surface area contributed by atoms with Gasteiger partial charge < -0.3 is 9.53 Å². The SMILES string of the molecule is CCCCC#CC(O)O[Si](C)(C)C(C)(C)C. The van der Waals surface area contributed by atoms with Gasteiger partial charge in [0.05, 0.1) is 0 Å². The van der Waals surface area contributed by atoms with Crippen molar-refractivity contribution < 1.29 is 9.53 Å². The van der Waals surface area contributed by atoms with Gasteiger partial charge in [-0.15, -0.1) is 0 Å². The Morgan fingerprint density at radius 2 is 1.88 bits per heavy atom. The minimum absolute atomic E-state index is 0.110. The second kappa shape index (κ2) is 6.44. The third-order valence-electron chi connectivity index (χ3n) is 3.09. The monoisotopic (exact) mass is 242 g/mol. The normalized spacial score (nSPS) is 14.2. The molecule has 1 N–H and O–H groups in total. The van der Waals surface area contributed by atoms with Crippen molar-refractivity contribution in [3.8, 4) is 11.8 Å². The lowest BCUT2D eigenvalue weighted by Gasteiger charge is -2.36. The fourth-order valence-electron chi connectivity index (χ4n) is 0.910. The summed E-state index contributed by atoms with van der Waals surface area (Å²) in [4.78, 5) is 0. The second-order valence-corrected chi connectivity index (χ2v) is 10.4. The second-order valence-electron chi connectivity index (χ2n) is 5.66. The molecule has 0 aromatic carbocycles. The summed E-state index contributed by atoms with van der Waals surface area (Å²) in [6.07, 6.45) is 2.14. The van der Waals surface area contributed by atoms with Gasteiger partial charge in [-0.05, 0) is 30.5 Å². The van der Waals surface area contributed by atoms with E-state index in [0.717, 1.165) is 19.3 Å². The van der Waals surface area contributed by atoms with Crippen molar-refractivity contribution in [3.05, 3.63) is 0 Å². The fourth-order valence-corrected chi connectivity index (χ4v) is 1.88. The first-order valence-electron chi connectivity index (χ1n) is 6.05. The first kappa shape index (κ1) is 15.7. The van der Waals surface area contributed by atoms with Crippen LogP contribution < -0.4 is 0 Å². The Morgan fingerprint density at radius 1 is 1.31 bits per heavy atom. The van der Waals surface area contributed by atoms with Crippen LogP contribution in [0.25, 0.3) is 0 Å². The first-order chi connectivity index (χ1) is 7.20. The summed E-state index contributed by atoms with van der Waals surface area (Å²) in [5.41, 5.74) is 0. The first-order valence-corrected chi connectivity index (χ1v) is 8.96. The lowest BCUT2D eigenvalue weighted by Crippen LogP contribution is -2.43. The van der Waals surface area contributed by atoms with Gasteiger partial charge >= 0.3 is 0 Å². The molecule has 1 unspecified atom stereocenters. The predicted octanol–water partition coefficient (Wildman–Crippen LogP) is 3.52. The largest absolute Gasteiger partial charge is 0.383 e. The number of unbranched alkanes of at least 4 members (excludes halogenated alkanes) is 2. The lowest BCUT2D eigenvalue weighted by atomic mass is 10.2. The van der Waals surface area contributed by atoms with E-state index >= 15 is 0 Å². The molecule has 0 saturated carbocycles. The van der Waals surface area contributed by atoms with Crippen molar-refractivity contribution in [3.63, 3.8) is 0 Å². The zero-order chi connectivity index (χ0) is 12.8. The molecule has 0 fully saturated rings. The lowest BCUT2D eigenvalue weighted by molar-refractivity contribution is 0.0212. The average molecular weight is 242 g/mol. The van der Waals surface area contributed by atoms with Crippen molar-refractivity contribution in [2.75, 3.05) is 0 Å². The van der Waals surface area contributed by atoms with Crippen LogP contribution in [0.2, 0.25) is 18.1 Å². The van der Waals surface area contributed by atoms with E-state index in [1.807, 2.05) is 0 Å². The van der Waals surface area contributed by atoms with Crippen LogP contribution in [0.4, 0.5) is 0 Å². The molecule has 0 heterocycles. The number of rotatable bonds is 4. The molecule has 0 aliphatic carbocycles. The maximum absolute atomic E-state index is 9.69. The maximum Gasteiger partial charge on any atom is 0.210 e. The van der Waals surface area contributed by atoms with Crippen LogP contribution in [-0.4, -0.2) is 19.7 Å². The fraction of sp³-hybridized carbons (Fsp3) is 0.846. The van der Waals surface area contributed by atoms with Gasteiger partial charge in [-0.25, -0.2) is 0 Å². The number of aliphatic hydroxyl groups is 1. The van der Waals surface area contributed by atoms with E-state index in [-0.39, 0.29) is 5.04 Å². The zero-order valence-electron chi connectivity index (χ0n) is 11.6. The quantitative estimate of drug-likeness (QED) is 0.354. The molecule has 16 heavy (non-hydrogen) atoms. The summed E-state index contributed by atoms with van der Waals surface area (Å²) in [7, 11) is -1.89. The summed E-state index contributed by atoms with van der Waals surface area (Å²) in [6.45, 7) is 12.8. The molecular weight excluding hydrogens is 216 g/mol. The molecule has 2 nitrogen and oxygen atoms in total. The standard InChI is InChI=1S/C13H26O2Si/c1-7-8-9-10-11-12(14)15-16(5,6)13(2,3)4/h12,14H,7-9H2,1-6H3. The molecule has 0 amide bonds. The minimum atomic E-state index is -1.89. The van der Waals surface area contributed by atoms with Gasteiger partial charge in [-0.3, -0.25) is 0 Å². The Bertz CT molecular complexity index is 255. The third-order valence-corrected chi connectivity index (χ3v) is 7.52. The van der Waals surface area contributed by atoms with Gasteiger partial charge in [0.25, 0.3) is 0 Å². The van der Waals surface area contributed by atoms with Gasteiger partial charge in [0.1, 0.15) is 0 Å². The topological polar surface area (TPSA) is 29.5 Å².